The molecule has 0 saturated carbocycles. The largest absolute Gasteiger partial charge is 0.337 e. The molecule has 6 nitrogen and oxygen atoms in total. The van der Waals surface area contributed by atoms with Crippen LogP contribution in [0.1, 0.15) is 33.3 Å². The number of amides is 1. The fraction of sp³-hybridized carbons (Fsp3) is 0.444. The van der Waals surface area contributed by atoms with Gasteiger partial charge in [0.05, 0.1) is 11.3 Å². The van der Waals surface area contributed by atoms with Crippen LogP contribution in [0.5, 0.6) is 0 Å². The normalized spacial score (nSPS) is 14.3. The third-order valence-corrected chi connectivity index (χ3v) is 6.15. The zero-order valence-corrected chi connectivity index (χ0v) is 17.2. The van der Waals surface area contributed by atoms with Crippen molar-refractivity contribution in [2.75, 3.05) is 5.32 Å². The van der Waals surface area contributed by atoms with E-state index < -0.39 is 5.54 Å². The van der Waals surface area contributed by atoms with Crippen molar-refractivity contribution in [3.8, 4) is 6.07 Å². The van der Waals surface area contributed by atoms with E-state index in [1.807, 2.05) is 45.0 Å². The lowest BCUT2D eigenvalue weighted by Gasteiger charge is -2.28. The van der Waals surface area contributed by atoms with Crippen LogP contribution in [0.4, 0.5) is 10.8 Å². The van der Waals surface area contributed by atoms with Gasteiger partial charge in [0.1, 0.15) is 5.54 Å². The highest BCUT2D eigenvalue weighted by molar-refractivity contribution is 8.02. The van der Waals surface area contributed by atoms with Crippen LogP contribution in [-0.2, 0) is 4.79 Å². The highest BCUT2D eigenvalue weighted by Gasteiger charge is 2.32. The first kappa shape index (κ1) is 20.2. The highest BCUT2D eigenvalue weighted by atomic mass is 32.2. The molecule has 1 aromatic carbocycles. The van der Waals surface area contributed by atoms with E-state index in [1.165, 1.54) is 28.7 Å². The molecule has 2 aromatic rings. The summed E-state index contributed by atoms with van der Waals surface area (Å²) in [7, 11) is 0. The lowest BCUT2D eigenvalue weighted by Crippen LogP contribution is -2.51. The van der Waals surface area contributed by atoms with Crippen LogP contribution in [0.3, 0.4) is 0 Å². The number of nitrogens with one attached hydrogen (secondary N) is 2. The quantitative estimate of drug-likeness (QED) is 0.692. The minimum Gasteiger partial charge on any atom is -0.337 e. The number of carbonyl (C=O) groups excluding carboxylic acids is 1. The Morgan fingerprint density at radius 2 is 1.92 bits per heavy atom. The summed E-state index contributed by atoms with van der Waals surface area (Å²) in [5, 5.41) is 23.9. The number of aromatic nitrogens is 2. The molecule has 26 heavy (non-hydrogen) atoms. The number of carbonyl (C=O) groups is 1. The van der Waals surface area contributed by atoms with E-state index in [2.05, 4.69) is 26.9 Å². The zero-order valence-electron chi connectivity index (χ0n) is 15.5. The lowest BCUT2D eigenvalue weighted by atomic mass is 9.90. The second kappa shape index (κ2) is 8.52. The average molecular weight is 390 g/mol. The first-order chi connectivity index (χ1) is 12.2. The topological polar surface area (TPSA) is 90.7 Å². The van der Waals surface area contributed by atoms with Crippen LogP contribution < -0.4 is 10.6 Å². The maximum absolute atomic E-state index is 12.4. The summed E-state index contributed by atoms with van der Waals surface area (Å²) in [4.78, 5) is 12.4. The average Bonchev–Trinajstić information content (AvgIpc) is 3.03. The van der Waals surface area contributed by atoms with Gasteiger partial charge in [-0.05, 0) is 38.8 Å². The number of nitrogens with zero attached hydrogens (tertiary/aromatic N) is 3. The van der Waals surface area contributed by atoms with Gasteiger partial charge in [-0.1, -0.05) is 54.6 Å². The van der Waals surface area contributed by atoms with Crippen molar-refractivity contribution in [3.05, 3.63) is 29.8 Å². The number of thioether (sulfide) groups is 1. The lowest BCUT2D eigenvalue weighted by molar-refractivity contribution is -0.121. The van der Waals surface area contributed by atoms with Crippen molar-refractivity contribution in [2.45, 2.75) is 49.7 Å². The molecule has 1 aromatic heterocycles. The van der Waals surface area contributed by atoms with Gasteiger partial charge < -0.3 is 10.6 Å². The molecule has 0 unspecified atom stereocenters. The van der Waals surface area contributed by atoms with Crippen molar-refractivity contribution in [2.24, 2.45) is 5.92 Å². The number of anilines is 2. The molecular formula is C18H23N5OS2. The van der Waals surface area contributed by atoms with Crippen molar-refractivity contribution >= 4 is 39.8 Å². The summed E-state index contributed by atoms with van der Waals surface area (Å²) in [6.45, 7) is 9.39. The second-order valence-electron chi connectivity index (χ2n) is 6.58. The van der Waals surface area contributed by atoms with Crippen LogP contribution in [-0.4, -0.2) is 26.9 Å². The Labute approximate surface area is 162 Å². The molecule has 0 saturated heterocycles. The molecule has 0 aliphatic heterocycles. The Balaban J connectivity index is 1.96. The van der Waals surface area contributed by atoms with Crippen molar-refractivity contribution in [3.63, 3.8) is 0 Å². The predicted molar refractivity (Wildman–Crippen MR) is 107 cm³/mol. The number of nitriles is 1. The predicted octanol–water partition coefficient (Wildman–Crippen LogP) is 4.13. The molecule has 2 N–H and O–H groups in total. The number of benzene rings is 1. The van der Waals surface area contributed by atoms with E-state index in [4.69, 9.17) is 0 Å². The van der Waals surface area contributed by atoms with E-state index in [0.717, 1.165) is 5.69 Å². The third-order valence-electron chi connectivity index (χ3n) is 4.13. The van der Waals surface area contributed by atoms with Gasteiger partial charge in [-0.2, -0.15) is 5.26 Å². The van der Waals surface area contributed by atoms with E-state index in [0.29, 0.717) is 9.47 Å². The molecule has 2 rings (SSSR count). The summed E-state index contributed by atoms with van der Waals surface area (Å²) < 4.78 is 0.700. The van der Waals surface area contributed by atoms with Crippen LogP contribution in [0.15, 0.2) is 28.6 Å². The molecule has 0 fully saturated rings. The van der Waals surface area contributed by atoms with Crippen molar-refractivity contribution < 1.29 is 4.79 Å². The Kier molecular flexibility index (Phi) is 6.62. The van der Waals surface area contributed by atoms with Gasteiger partial charge in [0, 0.05) is 5.69 Å². The van der Waals surface area contributed by atoms with E-state index >= 15 is 0 Å². The second-order valence-corrected chi connectivity index (χ2v) is 9.15. The van der Waals surface area contributed by atoms with Gasteiger partial charge in [0.25, 0.3) is 0 Å². The standard InChI is InChI=1S/C18H23N5OS2/c1-11(2)18(5,10-19)21-15(24)13(4)25-17-23-22-16(26-17)20-14-8-6-12(3)7-9-14/h6-9,11,13H,1-5H3,(H,20,22)(H,21,24)/t13-,18+/m1/s1. The maximum atomic E-state index is 12.4. The molecule has 2 atom stereocenters. The van der Waals surface area contributed by atoms with E-state index in [1.54, 1.807) is 13.8 Å². The molecule has 138 valence electrons. The summed E-state index contributed by atoms with van der Waals surface area (Å²) >= 11 is 2.72. The van der Waals surface area contributed by atoms with E-state index in [9.17, 15) is 10.1 Å². The third kappa shape index (κ3) is 5.19. The minimum atomic E-state index is -0.884. The zero-order chi connectivity index (χ0) is 19.3. The van der Waals surface area contributed by atoms with Gasteiger partial charge in [-0.3, -0.25) is 4.79 Å². The molecule has 1 heterocycles. The first-order valence-corrected chi connectivity index (χ1v) is 10.00. The Morgan fingerprint density at radius 1 is 1.27 bits per heavy atom. The number of hydrogen-bond acceptors (Lipinski definition) is 7. The van der Waals surface area contributed by atoms with Crippen LogP contribution in [0.25, 0.3) is 0 Å². The van der Waals surface area contributed by atoms with Crippen LogP contribution >= 0.6 is 23.1 Å². The highest BCUT2D eigenvalue weighted by Crippen LogP contribution is 2.31. The molecule has 0 bridgehead atoms. The van der Waals surface area contributed by atoms with E-state index in [-0.39, 0.29) is 17.1 Å². The molecule has 0 spiro atoms. The Bertz CT molecular complexity index is 797. The molecule has 0 aliphatic rings. The number of rotatable bonds is 7. The maximum Gasteiger partial charge on any atom is 0.234 e. The SMILES string of the molecule is Cc1ccc(Nc2nnc(S[C@H](C)C(=O)N[C@@](C)(C#N)C(C)C)s2)cc1. The Morgan fingerprint density at radius 3 is 2.50 bits per heavy atom. The monoisotopic (exact) mass is 389 g/mol. The first-order valence-electron chi connectivity index (χ1n) is 8.30. The van der Waals surface area contributed by atoms with Crippen molar-refractivity contribution in [1.29, 1.82) is 5.26 Å². The molecule has 0 radical (unpaired) electrons. The fourth-order valence-corrected chi connectivity index (χ4v) is 3.85. The summed E-state index contributed by atoms with van der Waals surface area (Å²) in [5.41, 5.74) is 1.25. The summed E-state index contributed by atoms with van der Waals surface area (Å²) in [5.74, 6) is -0.170. The van der Waals surface area contributed by atoms with Gasteiger partial charge >= 0.3 is 0 Å². The van der Waals surface area contributed by atoms with Crippen LogP contribution in [0, 0.1) is 24.2 Å². The van der Waals surface area contributed by atoms with Gasteiger partial charge in [-0.15, -0.1) is 10.2 Å². The van der Waals surface area contributed by atoms with Gasteiger partial charge in [0.2, 0.25) is 11.0 Å². The van der Waals surface area contributed by atoms with Crippen LogP contribution in [0.2, 0.25) is 0 Å². The van der Waals surface area contributed by atoms with Gasteiger partial charge in [-0.25, -0.2) is 0 Å². The smallest absolute Gasteiger partial charge is 0.234 e. The Hall–Kier alpha value is -2.11. The minimum absolute atomic E-state index is 0.0143. The summed E-state index contributed by atoms with van der Waals surface area (Å²) in [6.07, 6.45) is 0. The fourth-order valence-electron chi connectivity index (χ4n) is 1.93. The van der Waals surface area contributed by atoms with Gasteiger partial charge in [0.15, 0.2) is 4.34 Å². The summed E-state index contributed by atoms with van der Waals surface area (Å²) in [6, 6.07) is 10.2. The molecule has 8 heteroatoms. The molecular weight excluding hydrogens is 366 g/mol. The number of aryl methyl sites for hydroxylation is 1. The number of hydrogen-bond donors (Lipinski definition) is 2. The molecule has 1 amide bonds. The molecule has 0 aliphatic carbocycles. The van der Waals surface area contributed by atoms with Crippen molar-refractivity contribution in [1.82, 2.24) is 15.5 Å².